The predicted molar refractivity (Wildman–Crippen MR) is 68.0 cm³/mol. The third-order valence-electron chi connectivity index (χ3n) is 3.12. The molecule has 1 heterocycles. The lowest BCUT2D eigenvalue weighted by atomic mass is 9.93. The van der Waals surface area contributed by atoms with E-state index in [-0.39, 0.29) is 12.5 Å². The Morgan fingerprint density at radius 3 is 2.94 bits per heavy atom. The molecule has 0 radical (unpaired) electrons. The molecule has 100 valence electrons. The number of carboxylic acids is 1. The van der Waals surface area contributed by atoms with Crippen molar-refractivity contribution < 1.29 is 14.7 Å². The van der Waals surface area contributed by atoms with Gasteiger partial charge >= 0.3 is 12.0 Å². The highest BCUT2D eigenvalue weighted by molar-refractivity contribution is 5.74. The number of piperidine rings is 1. The molecule has 0 spiro atoms. The summed E-state index contributed by atoms with van der Waals surface area (Å²) in [6.07, 6.45) is 8.40. The molecule has 1 unspecified atom stereocenters. The van der Waals surface area contributed by atoms with Crippen LogP contribution in [0.4, 0.5) is 4.79 Å². The molecule has 0 aromatic rings. The van der Waals surface area contributed by atoms with Crippen LogP contribution in [0.3, 0.4) is 0 Å². The fourth-order valence-electron chi connectivity index (χ4n) is 2.17. The van der Waals surface area contributed by atoms with E-state index in [9.17, 15) is 9.59 Å². The van der Waals surface area contributed by atoms with Gasteiger partial charge in [0.05, 0.1) is 0 Å². The van der Waals surface area contributed by atoms with E-state index < -0.39 is 5.97 Å². The van der Waals surface area contributed by atoms with Crippen LogP contribution >= 0.6 is 0 Å². The average Bonchev–Trinajstić information content (AvgIpc) is 2.37. The van der Waals surface area contributed by atoms with E-state index in [4.69, 9.17) is 11.5 Å². The molecule has 0 aromatic carbocycles. The summed E-state index contributed by atoms with van der Waals surface area (Å²) in [7, 11) is 0. The first-order chi connectivity index (χ1) is 8.63. The summed E-state index contributed by atoms with van der Waals surface area (Å²) < 4.78 is 0. The van der Waals surface area contributed by atoms with Crippen LogP contribution in [0.5, 0.6) is 0 Å². The zero-order chi connectivity index (χ0) is 13.4. The average molecular weight is 252 g/mol. The SMILES string of the molecule is C#CCCNC(=O)N1CCCC(CCC(=O)O)C1. The second-order valence-corrected chi connectivity index (χ2v) is 4.57. The minimum absolute atomic E-state index is 0.0923. The number of urea groups is 1. The summed E-state index contributed by atoms with van der Waals surface area (Å²) in [6.45, 7) is 1.88. The number of carbonyl (C=O) groups excluding carboxylic acids is 1. The molecule has 18 heavy (non-hydrogen) atoms. The standard InChI is InChI=1S/C13H20N2O3/c1-2-3-8-14-13(18)15-9-4-5-11(10-15)6-7-12(16)17/h1,11H,3-10H2,(H,14,18)(H,16,17). The molecule has 1 rings (SSSR count). The summed E-state index contributed by atoms with van der Waals surface area (Å²) in [5.41, 5.74) is 0. The van der Waals surface area contributed by atoms with Crippen LogP contribution in [0.1, 0.15) is 32.1 Å². The largest absolute Gasteiger partial charge is 0.481 e. The first kappa shape index (κ1) is 14.4. The molecule has 0 aromatic heterocycles. The van der Waals surface area contributed by atoms with Crippen LogP contribution in [0.25, 0.3) is 0 Å². The van der Waals surface area contributed by atoms with Gasteiger partial charge in [0.1, 0.15) is 0 Å². The highest BCUT2D eigenvalue weighted by atomic mass is 16.4. The van der Waals surface area contributed by atoms with Crippen LogP contribution in [0.2, 0.25) is 0 Å². The fourth-order valence-corrected chi connectivity index (χ4v) is 2.17. The van der Waals surface area contributed by atoms with E-state index in [1.54, 1.807) is 4.90 Å². The van der Waals surface area contributed by atoms with Crippen molar-refractivity contribution in [3.63, 3.8) is 0 Å². The van der Waals surface area contributed by atoms with Crippen LogP contribution in [0, 0.1) is 18.3 Å². The quantitative estimate of drug-likeness (QED) is 0.572. The van der Waals surface area contributed by atoms with Crippen LogP contribution in [-0.2, 0) is 4.79 Å². The minimum Gasteiger partial charge on any atom is -0.481 e. The first-order valence-electron chi connectivity index (χ1n) is 6.31. The molecule has 0 saturated carbocycles. The first-order valence-corrected chi connectivity index (χ1v) is 6.31. The van der Waals surface area contributed by atoms with Crippen molar-refractivity contribution in [1.82, 2.24) is 10.2 Å². The maximum absolute atomic E-state index is 11.8. The van der Waals surface area contributed by atoms with Crippen molar-refractivity contribution in [2.75, 3.05) is 19.6 Å². The van der Waals surface area contributed by atoms with Gasteiger partial charge in [0.2, 0.25) is 0 Å². The van der Waals surface area contributed by atoms with E-state index in [0.29, 0.717) is 31.8 Å². The van der Waals surface area contributed by atoms with Crippen molar-refractivity contribution in [3.05, 3.63) is 0 Å². The minimum atomic E-state index is -0.773. The summed E-state index contributed by atoms with van der Waals surface area (Å²) in [4.78, 5) is 24.1. The van der Waals surface area contributed by atoms with Gasteiger partial charge in [0.15, 0.2) is 0 Å². The molecule has 1 aliphatic heterocycles. The number of rotatable bonds is 5. The van der Waals surface area contributed by atoms with E-state index >= 15 is 0 Å². The Morgan fingerprint density at radius 2 is 2.28 bits per heavy atom. The third-order valence-corrected chi connectivity index (χ3v) is 3.12. The molecule has 1 aliphatic rings. The molecular formula is C13H20N2O3. The van der Waals surface area contributed by atoms with E-state index in [1.807, 2.05) is 0 Å². The Hall–Kier alpha value is -1.70. The van der Waals surface area contributed by atoms with Gasteiger partial charge in [-0.3, -0.25) is 4.79 Å². The van der Waals surface area contributed by atoms with Gasteiger partial charge in [-0.05, 0) is 25.2 Å². The van der Waals surface area contributed by atoms with E-state index in [1.165, 1.54) is 0 Å². The monoisotopic (exact) mass is 252 g/mol. The molecule has 2 amide bonds. The number of carboxylic acid groups (broad SMARTS) is 1. The molecule has 5 heteroatoms. The maximum Gasteiger partial charge on any atom is 0.317 e. The Bertz CT molecular complexity index is 336. The zero-order valence-corrected chi connectivity index (χ0v) is 10.5. The number of terminal acetylenes is 1. The molecule has 1 saturated heterocycles. The number of amides is 2. The highest BCUT2D eigenvalue weighted by Crippen LogP contribution is 2.20. The summed E-state index contributed by atoms with van der Waals surface area (Å²) in [5, 5.41) is 11.4. The molecule has 1 atom stereocenters. The smallest absolute Gasteiger partial charge is 0.317 e. The van der Waals surface area contributed by atoms with Crippen LogP contribution in [0.15, 0.2) is 0 Å². The van der Waals surface area contributed by atoms with Gasteiger partial charge in [-0.1, -0.05) is 0 Å². The number of aliphatic carboxylic acids is 1. The Kier molecular flexibility index (Phi) is 6.06. The number of likely N-dealkylation sites (tertiary alicyclic amines) is 1. The lowest BCUT2D eigenvalue weighted by molar-refractivity contribution is -0.137. The molecule has 0 bridgehead atoms. The highest BCUT2D eigenvalue weighted by Gasteiger charge is 2.23. The van der Waals surface area contributed by atoms with Crippen molar-refractivity contribution in [2.24, 2.45) is 5.92 Å². The Balaban J connectivity index is 2.31. The molecule has 1 fully saturated rings. The normalized spacial score (nSPS) is 19.1. The molecule has 2 N–H and O–H groups in total. The van der Waals surface area contributed by atoms with Gasteiger partial charge < -0.3 is 15.3 Å². The molecule has 5 nitrogen and oxygen atoms in total. The van der Waals surface area contributed by atoms with Gasteiger partial charge in [0, 0.05) is 32.5 Å². The Morgan fingerprint density at radius 1 is 1.50 bits per heavy atom. The van der Waals surface area contributed by atoms with Crippen molar-refractivity contribution in [3.8, 4) is 12.3 Å². The number of hydrogen-bond donors (Lipinski definition) is 2. The van der Waals surface area contributed by atoms with E-state index in [0.717, 1.165) is 19.4 Å². The number of nitrogens with zero attached hydrogens (tertiary/aromatic N) is 1. The van der Waals surface area contributed by atoms with Crippen molar-refractivity contribution in [1.29, 1.82) is 0 Å². The lowest BCUT2D eigenvalue weighted by Gasteiger charge is -2.32. The zero-order valence-electron chi connectivity index (χ0n) is 10.5. The van der Waals surface area contributed by atoms with Crippen LogP contribution < -0.4 is 5.32 Å². The Labute approximate surface area is 108 Å². The second kappa shape index (κ2) is 7.59. The summed E-state index contributed by atoms with van der Waals surface area (Å²) in [5.74, 6) is 2.00. The van der Waals surface area contributed by atoms with Gasteiger partial charge in [-0.2, -0.15) is 0 Å². The topological polar surface area (TPSA) is 69.6 Å². The lowest BCUT2D eigenvalue weighted by Crippen LogP contribution is -2.45. The summed E-state index contributed by atoms with van der Waals surface area (Å²) >= 11 is 0. The van der Waals surface area contributed by atoms with Gasteiger partial charge in [0.25, 0.3) is 0 Å². The molecular weight excluding hydrogens is 232 g/mol. The number of carbonyl (C=O) groups is 2. The van der Waals surface area contributed by atoms with Gasteiger partial charge in [-0.25, -0.2) is 4.79 Å². The predicted octanol–water partition coefficient (Wildman–Crippen LogP) is 1.30. The second-order valence-electron chi connectivity index (χ2n) is 4.57. The van der Waals surface area contributed by atoms with E-state index in [2.05, 4.69) is 11.2 Å². The number of nitrogens with one attached hydrogen (secondary N) is 1. The van der Waals surface area contributed by atoms with Gasteiger partial charge in [-0.15, -0.1) is 12.3 Å². The third kappa shape index (κ3) is 5.09. The number of hydrogen-bond acceptors (Lipinski definition) is 2. The fraction of sp³-hybridized carbons (Fsp3) is 0.692. The van der Waals surface area contributed by atoms with Crippen molar-refractivity contribution in [2.45, 2.75) is 32.1 Å². The van der Waals surface area contributed by atoms with Crippen molar-refractivity contribution >= 4 is 12.0 Å². The van der Waals surface area contributed by atoms with Crippen LogP contribution in [-0.4, -0.2) is 41.6 Å². The maximum atomic E-state index is 11.8. The molecule has 0 aliphatic carbocycles. The summed E-state index contributed by atoms with van der Waals surface area (Å²) in [6, 6.07) is -0.0923.